The van der Waals surface area contributed by atoms with E-state index in [1.165, 1.54) is 6.42 Å². The summed E-state index contributed by atoms with van der Waals surface area (Å²) in [6.07, 6.45) is 4.64. The number of likely N-dealkylation sites (tertiary alicyclic amines) is 1. The summed E-state index contributed by atoms with van der Waals surface area (Å²) in [5, 5.41) is 3.09. The van der Waals surface area contributed by atoms with Crippen molar-refractivity contribution in [1.29, 1.82) is 0 Å². The summed E-state index contributed by atoms with van der Waals surface area (Å²) in [7, 11) is 0. The fraction of sp³-hybridized carbons (Fsp3) is 0.562. The normalized spacial score (nSPS) is 22.5. The summed E-state index contributed by atoms with van der Waals surface area (Å²) in [6.45, 7) is 3.60. The molecule has 2 fully saturated rings. The van der Waals surface area contributed by atoms with E-state index in [0.717, 1.165) is 48.5 Å². The summed E-state index contributed by atoms with van der Waals surface area (Å²) in [5.41, 5.74) is 0. The second-order valence-corrected chi connectivity index (χ2v) is 6.92. The molecule has 1 amide bonds. The molecule has 4 rings (SSSR count). The maximum atomic E-state index is 12.7. The van der Waals surface area contributed by atoms with E-state index in [1.807, 2.05) is 16.3 Å². The Kier molecular flexibility index (Phi) is 4.13. The van der Waals surface area contributed by atoms with Gasteiger partial charge in [0.2, 0.25) is 0 Å². The van der Waals surface area contributed by atoms with Crippen LogP contribution in [0.25, 0.3) is 10.2 Å². The molecule has 1 unspecified atom stereocenters. The molecule has 0 N–H and O–H groups in total. The van der Waals surface area contributed by atoms with E-state index in [0.29, 0.717) is 13.2 Å². The van der Waals surface area contributed by atoms with E-state index < -0.39 is 0 Å². The van der Waals surface area contributed by atoms with Crippen molar-refractivity contribution in [1.82, 2.24) is 14.9 Å². The number of hydrogen-bond acceptors (Lipinski definition) is 6. The van der Waals surface area contributed by atoms with Crippen LogP contribution < -0.4 is 4.90 Å². The van der Waals surface area contributed by atoms with E-state index in [1.54, 1.807) is 17.7 Å². The Morgan fingerprint density at radius 2 is 2.09 bits per heavy atom. The van der Waals surface area contributed by atoms with Gasteiger partial charge in [-0.25, -0.2) is 9.97 Å². The summed E-state index contributed by atoms with van der Waals surface area (Å²) in [4.78, 5) is 26.5. The number of piperidine rings is 1. The van der Waals surface area contributed by atoms with Gasteiger partial charge in [0.1, 0.15) is 17.0 Å². The van der Waals surface area contributed by atoms with Crippen LogP contribution in [0.3, 0.4) is 0 Å². The number of ether oxygens (including phenoxy) is 1. The van der Waals surface area contributed by atoms with Crippen molar-refractivity contribution in [3.05, 3.63) is 17.8 Å². The van der Waals surface area contributed by atoms with Crippen LogP contribution in [0, 0.1) is 0 Å². The largest absolute Gasteiger partial charge is 0.365 e. The van der Waals surface area contributed by atoms with E-state index in [-0.39, 0.29) is 12.0 Å². The third-order valence-corrected chi connectivity index (χ3v) is 5.37. The van der Waals surface area contributed by atoms with Gasteiger partial charge in [0, 0.05) is 19.6 Å². The molecule has 7 heteroatoms. The Labute approximate surface area is 139 Å². The molecule has 0 bridgehead atoms. The fourth-order valence-electron chi connectivity index (χ4n) is 3.34. The molecule has 2 aromatic heterocycles. The van der Waals surface area contributed by atoms with Crippen molar-refractivity contribution < 1.29 is 9.53 Å². The monoisotopic (exact) mass is 332 g/mol. The van der Waals surface area contributed by atoms with Gasteiger partial charge in [0.05, 0.1) is 18.5 Å². The average molecular weight is 332 g/mol. The van der Waals surface area contributed by atoms with Crippen molar-refractivity contribution in [3.63, 3.8) is 0 Å². The van der Waals surface area contributed by atoms with Crippen LogP contribution in [0.15, 0.2) is 17.8 Å². The molecule has 4 heterocycles. The first-order valence-electron chi connectivity index (χ1n) is 8.16. The van der Waals surface area contributed by atoms with Crippen LogP contribution in [0.5, 0.6) is 0 Å². The molecule has 122 valence electrons. The predicted octanol–water partition coefficient (Wildman–Crippen LogP) is 1.91. The molecule has 2 aromatic rings. The Hall–Kier alpha value is -1.73. The number of aromatic nitrogens is 2. The molecule has 6 nitrogen and oxygen atoms in total. The number of carbonyl (C=O) groups is 1. The summed E-state index contributed by atoms with van der Waals surface area (Å²) >= 11 is 1.61. The van der Waals surface area contributed by atoms with Gasteiger partial charge in [-0.1, -0.05) is 0 Å². The van der Waals surface area contributed by atoms with Crippen molar-refractivity contribution in [2.75, 3.05) is 37.7 Å². The summed E-state index contributed by atoms with van der Waals surface area (Å²) in [6, 6.07) is 2.05. The minimum absolute atomic E-state index is 0.130. The van der Waals surface area contributed by atoms with Gasteiger partial charge in [-0.05, 0) is 30.7 Å². The van der Waals surface area contributed by atoms with Crippen molar-refractivity contribution in [2.45, 2.75) is 25.4 Å². The van der Waals surface area contributed by atoms with E-state index in [2.05, 4.69) is 14.9 Å². The molecule has 2 aliphatic heterocycles. The number of thiophene rings is 1. The zero-order valence-corrected chi connectivity index (χ0v) is 13.8. The Balaban J connectivity index is 1.52. The second-order valence-electron chi connectivity index (χ2n) is 6.03. The van der Waals surface area contributed by atoms with Crippen molar-refractivity contribution >= 4 is 33.3 Å². The lowest BCUT2D eigenvalue weighted by atomic mass is 10.1. The highest BCUT2D eigenvalue weighted by atomic mass is 32.1. The van der Waals surface area contributed by atoms with Crippen LogP contribution in [-0.4, -0.2) is 59.7 Å². The number of nitrogens with zero attached hydrogens (tertiary/aromatic N) is 4. The number of morpholine rings is 1. The first-order valence-corrected chi connectivity index (χ1v) is 9.04. The highest BCUT2D eigenvalue weighted by Gasteiger charge is 2.31. The SMILES string of the molecule is O=C(C1CN(c2ncnc3sccc23)CCO1)N1CCCCC1. The molecule has 0 aliphatic carbocycles. The number of carbonyl (C=O) groups excluding carboxylic acids is 1. The summed E-state index contributed by atoms with van der Waals surface area (Å²) < 4.78 is 5.76. The Morgan fingerprint density at radius 3 is 2.96 bits per heavy atom. The first-order chi connectivity index (χ1) is 11.3. The standard InChI is InChI=1S/C16H20N4O2S/c21-16(19-5-2-1-3-6-19)13-10-20(7-8-22-13)14-12-4-9-23-15(12)18-11-17-14/h4,9,11,13H,1-3,5-8,10H2. The van der Waals surface area contributed by atoms with Gasteiger partial charge in [0.15, 0.2) is 6.10 Å². The predicted molar refractivity (Wildman–Crippen MR) is 89.8 cm³/mol. The van der Waals surface area contributed by atoms with E-state index >= 15 is 0 Å². The molecule has 2 saturated heterocycles. The molecular formula is C16H20N4O2S. The lowest BCUT2D eigenvalue weighted by molar-refractivity contribution is -0.145. The van der Waals surface area contributed by atoms with Gasteiger partial charge in [-0.2, -0.15) is 0 Å². The van der Waals surface area contributed by atoms with Crippen LogP contribution in [-0.2, 0) is 9.53 Å². The fourth-order valence-corrected chi connectivity index (χ4v) is 4.07. The third-order valence-electron chi connectivity index (χ3n) is 4.55. The Morgan fingerprint density at radius 1 is 1.22 bits per heavy atom. The molecule has 1 atom stereocenters. The zero-order valence-electron chi connectivity index (χ0n) is 13.0. The maximum absolute atomic E-state index is 12.7. The minimum Gasteiger partial charge on any atom is -0.365 e. The minimum atomic E-state index is -0.384. The Bertz CT molecular complexity index is 698. The quantitative estimate of drug-likeness (QED) is 0.841. The molecule has 0 saturated carbocycles. The highest BCUT2D eigenvalue weighted by Crippen LogP contribution is 2.28. The van der Waals surface area contributed by atoms with Crippen molar-refractivity contribution in [3.8, 4) is 0 Å². The van der Waals surface area contributed by atoms with Gasteiger partial charge in [-0.3, -0.25) is 4.79 Å². The molecular weight excluding hydrogens is 312 g/mol. The van der Waals surface area contributed by atoms with E-state index in [4.69, 9.17) is 4.74 Å². The number of amides is 1. The van der Waals surface area contributed by atoms with Gasteiger partial charge in [0.25, 0.3) is 5.91 Å². The second kappa shape index (κ2) is 6.41. The number of anilines is 1. The molecule has 0 spiro atoms. The summed E-state index contributed by atoms with van der Waals surface area (Å²) in [5.74, 6) is 1.04. The lowest BCUT2D eigenvalue weighted by Gasteiger charge is -2.36. The highest BCUT2D eigenvalue weighted by molar-refractivity contribution is 7.16. The average Bonchev–Trinajstić information content (AvgIpc) is 3.10. The smallest absolute Gasteiger partial charge is 0.253 e. The topological polar surface area (TPSA) is 58.6 Å². The number of fused-ring (bicyclic) bond motifs is 1. The number of rotatable bonds is 2. The van der Waals surface area contributed by atoms with Crippen LogP contribution in [0.4, 0.5) is 5.82 Å². The van der Waals surface area contributed by atoms with Gasteiger partial charge >= 0.3 is 0 Å². The first kappa shape index (κ1) is 14.8. The molecule has 23 heavy (non-hydrogen) atoms. The van der Waals surface area contributed by atoms with Gasteiger partial charge in [-0.15, -0.1) is 11.3 Å². The number of hydrogen-bond donors (Lipinski definition) is 0. The zero-order chi connectivity index (χ0) is 15.6. The maximum Gasteiger partial charge on any atom is 0.253 e. The van der Waals surface area contributed by atoms with Crippen LogP contribution >= 0.6 is 11.3 Å². The van der Waals surface area contributed by atoms with Crippen LogP contribution in [0.2, 0.25) is 0 Å². The molecule has 2 aliphatic rings. The molecule has 0 radical (unpaired) electrons. The van der Waals surface area contributed by atoms with Crippen LogP contribution in [0.1, 0.15) is 19.3 Å². The van der Waals surface area contributed by atoms with E-state index in [9.17, 15) is 4.79 Å². The van der Waals surface area contributed by atoms with Crippen molar-refractivity contribution in [2.24, 2.45) is 0 Å². The lowest BCUT2D eigenvalue weighted by Crippen LogP contribution is -2.52. The molecule has 0 aromatic carbocycles. The van der Waals surface area contributed by atoms with Gasteiger partial charge < -0.3 is 14.5 Å². The third kappa shape index (κ3) is 2.90.